The summed E-state index contributed by atoms with van der Waals surface area (Å²) in [5.41, 5.74) is 1.84. The predicted molar refractivity (Wildman–Crippen MR) is 89.9 cm³/mol. The molecule has 0 bridgehead atoms. The van der Waals surface area contributed by atoms with E-state index in [9.17, 15) is 4.79 Å². The average molecular weight is 363 g/mol. The molecule has 1 amide bonds. The Kier molecular flexibility index (Phi) is 4.78. The zero-order valence-electron chi connectivity index (χ0n) is 12.6. The van der Waals surface area contributed by atoms with Crippen LogP contribution in [0.2, 0.25) is 10.0 Å². The third-order valence-electron chi connectivity index (χ3n) is 3.18. The first-order chi connectivity index (χ1) is 11.5. The van der Waals surface area contributed by atoms with E-state index >= 15 is 0 Å². The molecule has 0 atom stereocenters. The molecule has 0 unspecified atom stereocenters. The summed E-state index contributed by atoms with van der Waals surface area (Å²) in [7, 11) is 0. The van der Waals surface area contributed by atoms with Crippen molar-refractivity contribution in [2.75, 3.05) is 0 Å². The third kappa shape index (κ3) is 3.72. The van der Waals surface area contributed by atoms with Crippen LogP contribution < -0.4 is 5.32 Å². The highest BCUT2D eigenvalue weighted by atomic mass is 35.5. The number of halogens is 2. The average Bonchev–Trinajstić information content (AvgIpc) is 3.03. The first kappa shape index (κ1) is 16.4. The summed E-state index contributed by atoms with van der Waals surface area (Å²) in [4.78, 5) is 20.4. The zero-order chi connectivity index (χ0) is 17.1. The van der Waals surface area contributed by atoms with E-state index in [1.54, 1.807) is 30.3 Å². The minimum absolute atomic E-state index is 0.122. The van der Waals surface area contributed by atoms with E-state index < -0.39 is 0 Å². The van der Waals surface area contributed by atoms with Crippen molar-refractivity contribution in [3.05, 3.63) is 63.7 Å². The van der Waals surface area contributed by atoms with Crippen molar-refractivity contribution in [1.82, 2.24) is 20.4 Å². The fourth-order valence-corrected chi connectivity index (χ4v) is 2.41. The van der Waals surface area contributed by atoms with Gasteiger partial charge in [-0.15, -0.1) is 0 Å². The standard InChI is InChI=1S/C16H12Cl2N4O2/c1-9-5-12(13(18)7-19-9)16-21-14(22-24-16)8-20-15(23)10-3-2-4-11(17)6-10/h2-7H,8H2,1H3,(H,20,23). The molecule has 8 heteroatoms. The van der Waals surface area contributed by atoms with Crippen molar-refractivity contribution in [1.29, 1.82) is 0 Å². The Morgan fingerprint density at radius 2 is 2.12 bits per heavy atom. The second-order valence-corrected chi connectivity index (χ2v) is 5.86. The molecule has 3 aromatic rings. The van der Waals surface area contributed by atoms with Crippen LogP contribution in [-0.2, 0) is 6.54 Å². The lowest BCUT2D eigenvalue weighted by Gasteiger charge is -2.02. The van der Waals surface area contributed by atoms with Gasteiger partial charge < -0.3 is 9.84 Å². The van der Waals surface area contributed by atoms with Gasteiger partial charge in [-0.05, 0) is 31.2 Å². The van der Waals surface area contributed by atoms with Gasteiger partial charge in [0.15, 0.2) is 5.82 Å². The number of nitrogens with zero attached hydrogens (tertiary/aromatic N) is 3. The molecule has 1 N–H and O–H groups in total. The van der Waals surface area contributed by atoms with E-state index in [-0.39, 0.29) is 18.3 Å². The van der Waals surface area contributed by atoms with Crippen molar-refractivity contribution in [2.45, 2.75) is 13.5 Å². The molecule has 2 aromatic heterocycles. The third-order valence-corrected chi connectivity index (χ3v) is 3.72. The van der Waals surface area contributed by atoms with Crippen LogP contribution in [0.5, 0.6) is 0 Å². The van der Waals surface area contributed by atoms with Crippen LogP contribution >= 0.6 is 23.2 Å². The Hall–Kier alpha value is -2.44. The zero-order valence-corrected chi connectivity index (χ0v) is 14.1. The first-order valence-electron chi connectivity index (χ1n) is 7.02. The molecule has 3 rings (SSSR count). The fraction of sp³-hybridized carbons (Fsp3) is 0.125. The van der Waals surface area contributed by atoms with Crippen molar-refractivity contribution < 1.29 is 9.32 Å². The number of carbonyl (C=O) groups is 1. The quantitative estimate of drug-likeness (QED) is 0.765. The molecule has 24 heavy (non-hydrogen) atoms. The van der Waals surface area contributed by atoms with Gasteiger partial charge in [0.1, 0.15) is 0 Å². The summed E-state index contributed by atoms with van der Waals surface area (Å²) < 4.78 is 5.20. The lowest BCUT2D eigenvalue weighted by Crippen LogP contribution is -2.23. The number of carbonyl (C=O) groups excluding carboxylic acids is 1. The fourth-order valence-electron chi connectivity index (χ4n) is 2.03. The van der Waals surface area contributed by atoms with Crippen LogP contribution in [-0.4, -0.2) is 21.0 Å². The number of rotatable bonds is 4. The lowest BCUT2D eigenvalue weighted by molar-refractivity contribution is 0.0949. The predicted octanol–water partition coefficient (Wildman–Crippen LogP) is 3.68. The molecule has 2 heterocycles. The SMILES string of the molecule is Cc1cc(-c2nc(CNC(=O)c3cccc(Cl)c3)no2)c(Cl)cn1. The normalized spacial score (nSPS) is 10.6. The molecule has 0 saturated heterocycles. The van der Waals surface area contributed by atoms with Gasteiger partial charge in [0, 0.05) is 22.5 Å². The number of pyridine rings is 1. The Bertz CT molecular complexity index is 895. The number of hydrogen-bond acceptors (Lipinski definition) is 5. The largest absolute Gasteiger partial charge is 0.345 e. The van der Waals surface area contributed by atoms with Crippen molar-refractivity contribution >= 4 is 29.1 Å². The van der Waals surface area contributed by atoms with E-state index in [2.05, 4.69) is 20.4 Å². The monoisotopic (exact) mass is 362 g/mol. The lowest BCUT2D eigenvalue weighted by atomic mass is 10.2. The highest BCUT2D eigenvalue weighted by Gasteiger charge is 2.14. The number of hydrogen-bond donors (Lipinski definition) is 1. The highest BCUT2D eigenvalue weighted by molar-refractivity contribution is 6.33. The van der Waals surface area contributed by atoms with Crippen molar-refractivity contribution in [3.63, 3.8) is 0 Å². The van der Waals surface area contributed by atoms with Crippen molar-refractivity contribution in [3.8, 4) is 11.5 Å². The molecule has 0 aliphatic heterocycles. The minimum atomic E-state index is -0.276. The Morgan fingerprint density at radius 3 is 2.92 bits per heavy atom. The molecule has 1 aromatic carbocycles. The van der Waals surface area contributed by atoms with Crippen LogP contribution in [0, 0.1) is 6.92 Å². The van der Waals surface area contributed by atoms with Crippen LogP contribution in [0.4, 0.5) is 0 Å². The molecule has 0 aliphatic rings. The Labute approximate surface area is 147 Å². The summed E-state index contributed by atoms with van der Waals surface area (Å²) in [5, 5.41) is 7.45. The van der Waals surface area contributed by atoms with Crippen molar-refractivity contribution in [2.24, 2.45) is 0 Å². The number of aromatic nitrogens is 3. The molecule has 0 spiro atoms. The summed E-state index contributed by atoms with van der Waals surface area (Å²) in [6.07, 6.45) is 1.52. The summed E-state index contributed by atoms with van der Waals surface area (Å²) in [6.45, 7) is 1.96. The van der Waals surface area contributed by atoms with E-state index in [0.29, 0.717) is 27.0 Å². The van der Waals surface area contributed by atoms with Crippen LogP contribution in [0.1, 0.15) is 21.9 Å². The summed E-state index contributed by atoms with van der Waals surface area (Å²) in [6, 6.07) is 8.41. The van der Waals surface area contributed by atoms with E-state index in [4.69, 9.17) is 27.7 Å². The molecule has 0 saturated carbocycles. The van der Waals surface area contributed by atoms with Gasteiger partial charge in [-0.1, -0.05) is 34.4 Å². The Balaban J connectivity index is 1.70. The van der Waals surface area contributed by atoms with Gasteiger partial charge >= 0.3 is 0 Å². The molecule has 0 fully saturated rings. The second kappa shape index (κ2) is 6.98. The maximum atomic E-state index is 12.1. The molecule has 0 radical (unpaired) electrons. The second-order valence-electron chi connectivity index (χ2n) is 5.01. The minimum Gasteiger partial charge on any atom is -0.345 e. The maximum Gasteiger partial charge on any atom is 0.259 e. The number of nitrogens with one attached hydrogen (secondary N) is 1. The first-order valence-corrected chi connectivity index (χ1v) is 7.77. The van der Waals surface area contributed by atoms with Gasteiger partial charge in [-0.25, -0.2) is 0 Å². The van der Waals surface area contributed by atoms with E-state index in [1.807, 2.05) is 6.92 Å². The van der Waals surface area contributed by atoms with E-state index in [0.717, 1.165) is 5.69 Å². The molecular formula is C16H12Cl2N4O2. The summed E-state index contributed by atoms with van der Waals surface area (Å²) in [5.74, 6) is 0.338. The van der Waals surface area contributed by atoms with Gasteiger partial charge in [0.05, 0.1) is 17.1 Å². The van der Waals surface area contributed by atoms with Crippen LogP contribution in [0.25, 0.3) is 11.5 Å². The van der Waals surface area contributed by atoms with Gasteiger partial charge in [0.25, 0.3) is 11.8 Å². The van der Waals surface area contributed by atoms with Gasteiger partial charge in [-0.3, -0.25) is 9.78 Å². The van der Waals surface area contributed by atoms with Crippen LogP contribution in [0.3, 0.4) is 0 Å². The molecule has 0 aliphatic carbocycles. The topological polar surface area (TPSA) is 80.9 Å². The number of amides is 1. The maximum absolute atomic E-state index is 12.1. The number of benzene rings is 1. The molecule has 6 nitrogen and oxygen atoms in total. The van der Waals surface area contributed by atoms with E-state index in [1.165, 1.54) is 6.20 Å². The smallest absolute Gasteiger partial charge is 0.259 e. The van der Waals surface area contributed by atoms with Gasteiger partial charge in [0.2, 0.25) is 0 Å². The number of aryl methyl sites for hydroxylation is 1. The van der Waals surface area contributed by atoms with Crippen LogP contribution in [0.15, 0.2) is 41.1 Å². The molecule has 122 valence electrons. The highest BCUT2D eigenvalue weighted by Crippen LogP contribution is 2.26. The van der Waals surface area contributed by atoms with Gasteiger partial charge in [-0.2, -0.15) is 4.98 Å². The Morgan fingerprint density at radius 1 is 1.29 bits per heavy atom. The summed E-state index contributed by atoms with van der Waals surface area (Å²) >= 11 is 12.0. The molecular weight excluding hydrogens is 351 g/mol.